The topological polar surface area (TPSA) is 185 Å². The van der Waals surface area contributed by atoms with Gasteiger partial charge in [0, 0.05) is 47.7 Å². The fourth-order valence-electron chi connectivity index (χ4n) is 15.5. The van der Waals surface area contributed by atoms with Crippen LogP contribution in [-0.2, 0) is 32.7 Å². The Kier molecular flexibility index (Phi) is 29.0. The monoisotopic (exact) mass is 1700 g/mol. The van der Waals surface area contributed by atoms with Gasteiger partial charge in [0.1, 0.15) is 91.8 Å². The second-order valence-electron chi connectivity index (χ2n) is 35.0. The highest BCUT2D eigenvalue weighted by Crippen LogP contribution is 2.44. The van der Waals surface area contributed by atoms with Crippen LogP contribution in [0.15, 0.2) is 199 Å². The van der Waals surface area contributed by atoms with E-state index in [0.29, 0.717) is 24.4 Å². The van der Waals surface area contributed by atoms with Crippen LogP contribution < -0.4 is 39.8 Å². The van der Waals surface area contributed by atoms with Crippen molar-refractivity contribution in [3.05, 3.63) is 314 Å². The van der Waals surface area contributed by atoms with E-state index in [1.807, 2.05) is 131 Å². The molecule has 0 saturated carbocycles. The molecular formula is C106H119N5O11S2. The Morgan fingerprint density at radius 3 is 1.56 bits per heavy atom. The standard InChI is InChI=1S/C15H22O.C14H20O.C13H10O.C12H16O.C10H8O2.C9H9NO2.C9H10O2.C9H10O.C8H8N2S.C7H6N2S/c1-9-10(2)12(4)14-13(11(9)3)7-8-15(5,6)16-14;1-8-9(2)11(4)13-12(10(8)3)7-14(5,6)15-13;1-9-6-7-13-11(8-9)10-4-2-3-5-12(10)14-13;1-9-4-5-11-10(8-9)6-7-12(2,3)13-11;1-7-2-4-9-8(6-7)3-5-10(11)12-9;1-6-3-4-7-8(5-6)12-9(11)10(7)2;1-7-2-3-8-9(6-7)11-5-4-10-8;1-7-2-3-9-8(6-7)4-5-10-9;1-5-3-4-7-8(6(5)2)10-11-9-7;1-5-3-2-4-6-7(5)9-10-8-6/h7-8H2,1-6H3;7H2,1-6H3;2-8H,1H3;4-5,8H,6-7H2,1-3H3;2-6H,1H3;3-5H,1-2H3;2-3,6H,4-5H2,1H3;2-3,6H,4-5H2,1H3;3-4H,1-2H3;2-4H,1H3. The average Bonchev–Trinajstić information content (AvgIpc) is 1.08. The zero-order valence-corrected chi connectivity index (χ0v) is 78.3. The first-order valence-corrected chi connectivity index (χ1v) is 44.1. The molecule has 5 aromatic heterocycles. The molecule has 0 aliphatic carbocycles. The fourth-order valence-corrected chi connectivity index (χ4v) is 16.7. The number of furan rings is 1. The molecule has 0 saturated heterocycles. The lowest BCUT2D eigenvalue weighted by Crippen LogP contribution is -2.33. The van der Waals surface area contributed by atoms with E-state index in [1.165, 1.54) is 151 Å². The molecule has 0 atom stereocenters. The highest BCUT2D eigenvalue weighted by molar-refractivity contribution is 7.00. The molecule has 5 aliphatic heterocycles. The third-order valence-corrected chi connectivity index (χ3v) is 24.8. The smallest absolute Gasteiger partial charge is 0.419 e. The molecule has 0 fully saturated rings. The van der Waals surface area contributed by atoms with Crippen molar-refractivity contribution in [1.29, 1.82) is 0 Å². The number of oxazole rings is 1. The molecule has 646 valence electrons. The molecule has 5 aliphatic rings. The first-order chi connectivity index (χ1) is 58.9. The van der Waals surface area contributed by atoms with E-state index in [0.717, 1.165) is 135 Å². The number of rotatable bonds is 0. The molecule has 21 rings (SSSR count). The molecule has 0 spiro atoms. The van der Waals surface area contributed by atoms with Gasteiger partial charge in [-0.25, -0.2) is 9.59 Å². The van der Waals surface area contributed by atoms with E-state index in [1.54, 1.807) is 13.1 Å². The second kappa shape index (κ2) is 39.3. The quantitative estimate of drug-likeness (QED) is 0.130. The summed E-state index contributed by atoms with van der Waals surface area (Å²) >= 11 is 2.54. The maximum atomic E-state index is 11.0. The largest absolute Gasteiger partial charge is 0.493 e. The lowest BCUT2D eigenvalue weighted by atomic mass is 9.86. The predicted molar refractivity (Wildman–Crippen MR) is 510 cm³/mol. The molecule has 18 heteroatoms. The van der Waals surface area contributed by atoms with Gasteiger partial charge in [-0.05, 0) is 359 Å². The minimum Gasteiger partial charge on any atom is -0.493 e. The van der Waals surface area contributed by atoms with Gasteiger partial charge in [-0.15, -0.1) is 0 Å². The molecule has 0 radical (unpaired) electrons. The van der Waals surface area contributed by atoms with Crippen molar-refractivity contribution in [2.75, 3.05) is 19.8 Å². The molecule has 16 aromatic rings. The van der Waals surface area contributed by atoms with Gasteiger partial charge in [0.15, 0.2) is 17.1 Å². The number of benzene rings is 11. The van der Waals surface area contributed by atoms with E-state index < -0.39 is 0 Å². The van der Waals surface area contributed by atoms with Gasteiger partial charge in [0.2, 0.25) is 0 Å². The summed E-state index contributed by atoms with van der Waals surface area (Å²) in [7, 11) is 1.70. The second-order valence-corrected chi connectivity index (χ2v) is 36.0. The first-order valence-electron chi connectivity index (χ1n) is 42.7. The maximum absolute atomic E-state index is 11.0. The summed E-state index contributed by atoms with van der Waals surface area (Å²) < 4.78 is 67.9. The van der Waals surface area contributed by atoms with Crippen molar-refractivity contribution in [3.63, 3.8) is 0 Å². The molecule has 124 heavy (non-hydrogen) atoms. The third kappa shape index (κ3) is 22.4. The number of para-hydroxylation sites is 1. The Bertz CT molecular complexity index is 6610. The Balaban J connectivity index is 0.000000126. The van der Waals surface area contributed by atoms with Crippen molar-refractivity contribution in [2.45, 2.75) is 215 Å². The lowest BCUT2D eigenvalue weighted by molar-refractivity contribution is 0.0832. The highest BCUT2D eigenvalue weighted by Gasteiger charge is 2.34. The summed E-state index contributed by atoms with van der Waals surface area (Å²) in [5.41, 5.74) is 35.6. The zero-order valence-electron chi connectivity index (χ0n) is 76.7. The summed E-state index contributed by atoms with van der Waals surface area (Å²) in [5.74, 6) is 5.86. The number of ether oxygens (including phenoxy) is 6. The van der Waals surface area contributed by atoms with E-state index in [9.17, 15) is 9.59 Å². The first kappa shape index (κ1) is 91.3. The Morgan fingerprint density at radius 1 is 0.347 bits per heavy atom. The van der Waals surface area contributed by atoms with Crippen molar-refractivity contribution >= 4 is 89.5 Å². The van der Waals surface area contributed by atoms with Crippen LogP contribution >= 0.6 is 23.5 Å². The van der Waals surface area contributed by atoms with E-state index in [2.05, 4.69) is 210 Å². The minimum absolute atomic E-state index is 0.00804. The Hall–Kier alpha value is -11.9. The SMILES string of the molecule is Cc1c(C)c(C)c2c(c1C)CC(C)(C)O2.Cc1c(C)c(C)c2c(c1C)CCC(C)(C)O2.Cc1ccc2c(c1)CCC(C)(C)O2.Cc1ccc2c(c1)CCO2.Cc1ccc2c(c1)OCCO2.Cc1ccc2c(c1)oc(=O)n2C.Cc1ccc2nsnc2c1C.Cc1ccc2oc(=O)ccc2c1.Cc1ccc2oc3ccccc3c2c1.Cc1cccc2nsnc12. The molecule has 10 heterocycles. The number of fused-ring (bicyclic) bond motifs is 12. The van der Waals surface area contributed by atoms with Crippen LogP contribution in [0.25, 0.3) is 66.1 Å². The van der Waals surface area contributed by atoms with Gasteiger partial charge in [-0.3, -0.25) is 4.57 Å². The number of aryl methyl sites for hydroxylation is 11. The van der Waals surface area contributed by atoms with Crippen LogP contribution in [0.2, 0.25) is 0 Å². The van der Waals surface area contributed by atoms with Crippen LogP contribution in [0.3, 0.4) is 0 Å². The molecule has 0 N–H and O–H groups in total. The fraction of sp³-hybridized carbons (Fsp3) is 0.340. The van der Waals surface area contributed by atoms with Crippen molar-refractivity contribution in [3.8, 4) is 34.5 Å². The van der Waals surface area contributed by atoms with Crippen LogP contribution in [0.5, 0.6) is 34.5 Å². The van der Waals surface area contributed by atoms with Crippen molar-refractivity contribution in [2.24, 2.45) is 7.05 Å². The molecular weight excluding hydrogens is 1580 g/mol. The van der Waals surface area contributed by atoms with Gasteiger partial charge in [0.25, 0.3) is 0 Å². The van der Waals surface area contributed by atoms with Gasteiger partial charge in [-0.2, -0.15) is 17.5 Å². The summed E-state index contributed by atoms with van der Waals surface area (Å²) in [6.07, 6.45) is 6.64. The number of hydrogen-bond donors (Lipinski definition) is 0. The third-order valence-electron chi connectivity index (χ3n) is 23.7. The van der Waals surface area contributed by atoms with Crippen molar-refractivity contribution in [1.82, 2.24) is 22.1 Å². The van der Waals surface area contributed by atoms with Crippen LogP contribution in [-0.4, -0.2) is 58.7 Å². The van der Waals surface area contributed by atoms with Gasteiger partial charge in [-0.1, -0.05) is 107 Å². The predicted octanol–water partition coefficient (Wildman–Crippen LogP) is 26.2. The molecule has 0 amide bonds. The molecule has 11 aromatic carbocycles. The van der Waals surface area contributed by atoms with Gasteiger partial charge < -0.3 is 41.7 Å². The average molecular weight is 1700 g/mol. The normalized spacial score (nSPS) is 14.0. The van der Waals surface area contributed by atoms with Crippen LogP contribution in [0, 0.1) is 118 Å². The van der Waals surface area contributed by atoms with E-state index in [-0.39, 0.29) is 28.2 Å². The van der Waals surface area contributed by atoms with Crippen LogP contribution in [0.4, 0.5) is 0 Å². The molecule has 0 unspecified atom stereocenters. The lowest BCUT2D eigenvalue weighted by Gasteiger charge is -2.35. The summed E-state index contributed by atoms with van der Waals surface area (Å²) in [6.45, 7) is 51.3. The van der Waals surface area contributed by atoms with Gasteiger partial charge in [0.05, 0.1) is 35.6 Å². The van der Waals surface area contributed by atoms with E-state index >= 15 is 0 Å². The zero-order chi connectivity index (χ0) is 89.2. The molecule has 0 bridgehead atoms. The highest BCUT2D eigenvalue weighted by atomic mass is 32.1. The Labute approximate surface area is 738 Å². The summed E-state index contributed by atoms with van der Waals surface area (Å²) in [5, 5.41) is 3.38. The number of nitrogens with zero attached hydrogens (tertiary/aromatic N) is 5. The van der Waals surface area contributed by atoms with Gasteiger partial charge >= 0.3 is 11.4 Å². The van der Waals surface area contributed by atoms with Crippen LogP contribution in [0.1, 0.15) is 171 Å². The van der Waals surface area contributed by atoms with E-state index in [4.69, 9.17) is 41.7 Å². The summed E-state index contributed by atoms with van der Waals surface area (Å²) in [4.78, 5) is 21.8. The number of aromatic nitrogens is 5. The Morgan fingerprint density at radius 2 is 0.871 bits per heavy atom. The van der Waals surface area contributed by atoms with Crippen molar-refractivity contribution < 1.29 is 41.7 Å². The summed E-state index contributed by atoms with van der Waals surface area (Å²) in [6, 6.07) is 57.9. The maximum Gasteiger partial charge on any atom is 0.419 e. The molecule has 16 nitrogen and oxygen atoms in total. The number of hydrogen-bond acceptors (Lipinski definition) is 17. The minimum atomic E-state index is -0.310.